The van der Waals surface area contributed by atoms with Crippen molar-refractivity contribution < 1.29 is 29.4 Å². The summed E-state index contributed by atoms with van der Waals surface area (Å²) in [6.45, 7) is 1.93. The van der Waals surface area contributed by atoms with Crippen molar-refractivity contribution in [3.05, 3.63) is 0 Å². The topological polar surface area (TPSA) is 133 Å². The molecule has 0 spiro atoms. The third kappa shape index (κ3) is 5.68. The average molecular weight is 382 g/mol. The highest BCUT2D eigenvalue weighted by atomic mass is 16.4. The SMILES string of the molecule is C[C@H](CNC(=O)[C@H]1CCCC[C@@H]1C(=O)O)NC(=O)[C@@H]1CCCC[C@@H]1C(=O)O. The number of hydrogen-bond acceptors (Lipinski definition) is 4. The van der Waals surface area contributed by atoms with Crippen molar-refractivity contribution >= 4 is 23.8 Å². The predicted molar refractivity (Wildman–Crippen MR) is 96.8 cm³/mol. The molecule has 0 radical (unpaired) electrons. The molecule has 0 aromatic carbocycles. The first-order chi connectivity index (χ1) is 12.8. The maximum absolute atomic E-state index is 12.4. The van der Waals surface area contributed by atoms with Gasteiger partial charge in [0.25, 0.3) is 0 Å². The number of amides is 2. The second-order valence-corrected chi connectivity index (χ2v) is 7.83. The lowest BCUT2D eigenvalue weighted by Gasteiger charge is -2.30. The molecule has 2 fully saturated rings. The van der Waals surface area contributed by atoms with Crippen LogP contribution in [0.1, 0.15) is 58.3 Å². The molecule has 2 aliphatic rings. The third-order valence-corrected chi connectivity index (χ3v) is 5.81. The number of aliphatic carboxylic acids is 2. The zero-order valence-electron chi connectivity index (χ0n) is 15.8. The first-order valence-corrected chi connectivity index (χ1v) is 9.85. The van der Waals surface area contributed by atoms with Crippen LogP contribution in [0.3, 0.4) is 0 Å². The minimum absolute atomic E-state index is 0.192. The molecule has 0 bridgehead atoms. The molecule has 2 amide bonds. The van der Waals surface area contributed by atoms with Crippen LogP contribution < -0.4 is 10.6 Å². The molecule has 0 unspecified atom stereocenters. The molecule has 4 N–H and O–H groups in total. The maximum atomic E-state index is 12.4. The molecule has 0 aromatic heterocycles. The fraction of sp³-hybridized carbons (Fsp3) is 0.789. The van der Waals surface area contributed by atoms with Gasteiger partial charge < -0.3 is 20.8 Å². The lowest BCUT2D eigenvalue weighted by molar-refractivity contribution is -0.149. The van der Waals surface area contributed by atoms with Crippen molar-refractivity contribution in [3.8, 4) is 0 Å². The average Bonchev–Trinajstić information content (AvgIpc) is 2.65. The van der Waals surface area contributed by atoms with E-state index in [1.54, 1.807) is 6.92 Å². The largest absolute Gasteiger partial charge is 0.481 e. The minimum atomic E-state index is -0.937. The van der Waals surface area contributed by atoms with E-state index >= 15 is 0 Å². The van der Waals surface area contributed by atoms with Crippen molar-refractivity contribution in [1.82, 2.24) is 10.6 Å². The third-order valence-electron chi connectivity index (χ3n) is 5.81. The number of carboxylic acids is 2. The van der Waals surface area contributed by atoms with Gasteiger partial charge in [-0.15, -0.1) is 0 Å². The van der Waals surface area contributed by atoms with Gasteiger partial charge in [0.05, 0.1) is 23.7 Å². The Morgan fingerprint density at radius 2 is 1.19 bits per heavy atom. The minimum Gasteiger partial charge on any atom is -0.481 e. The zero-order chi connectivity index (χ0) is 20.0. The number of rotatable bonds is 7. The summed E-state index contributed by atoms with van der Waals surface area (Å²) in [7, 11) is 0. The summed E-state index contributed by atoms with van der Waals surface area (Å²) in [5.41, 5.74) is 0. The van der Waals surface area contributed by atoms with E-state index in [9.17, 15) is 29.4 Å². The van der Waals surface area contributed by atoms with Crippen LogP contribution in [0.2, 0.25) is 0 Å². The zero-order valence-corrected chi connectivity index (χ0v) is 15.8. The van der Waals surface area contributed by atoms with Crippen molar-refractivity contribution in [2.45, 2.75) is 64.3 Å². The summed E-state index contributed by atoms with van der Waals surface area (Å²) in [6.07, 6.45) is 5.46. The normalized spacial score (nSPS) is 29.4. The van der Waals surface area contributed by atoms with Gasteiger partial charge in [0.2, 0.25) is 11.8 Å². The molecule has 0 aromatic rings. The Bertz CT molecular complexity index is 579. The number of carbonyl (C=O) groups excluding carboxylic acids is 2. The van der Waals surface area contributed by atoms with Crippen LogP contribution in [0.25, 0.3) is 0 Å². The number of carboxylic acid groups (broad SMARTS) is 2. The highest BCUT2D eigenvalue weighted by Gasteiger charge is 2.37. The monoisotopic (exact) mass is 382 g/mol. The Kier molecular flexibility index (Phi) is 7.62. The number of nitrogens with one attached hydrogen (secondary N) is 2. The molecule has 0 aliphatic heterocycles. The van der Waals surface area contributed by atoms with Crippen LogP contribution in [0.5, 0.6) is 0 Å². The molecule has 152 valence electrons. The summed E-state index contributed by atoms with van der Waals surface area (Å²) < 4.78 is 0. The summed E-state index contributed by atoms with van der Waals surface area (Å²) in [5.74, 6) is -4.82. The maximum Gasteiger partial charge on any atom is 0.307 e. The van der Waals surface area contributed by atoms with E-state index in [0.29, 0.717) is 25.7 Å². The van der Waals surface area contributed by atoms with Crippen LogP contribution in [-0.2, 0) is 19.2 Å². The predicted octanol–water partition coefficient (Wildman–Crippen LogP) is 1.39. The molecule has 5 atom stereocenters. The molecule has 2 saturated carbocycles. The van der Waals surface area contributed by atoms with Gasteiger partial charge in [-0.25, -0.2) is 0 Å². The summed E-state index contributed by atoms with van der Waals surface area (Å²) in [4.78, 5) is 47.5. The Hall–Kier alpha value is -2.12. The van der Waals surface area contributed by atoms with Crippen molar-refractivity contribution in [1.29, 1.82) is 0 Å². The summed E-state index contributed by atoms with van der Waals surface area (Å²) in [6, 6.07) is -0.357. The summed E-state index contributed by atoms with van der Waals surface area (Å²) >= 11 is 0. The summed E-state index contributed by atoms with van der Waals surface area (Å²) in [5, 5.41) is 24.1. The highest BCUT2D eigenvalue weighted by Crippen LogP contribution is 2.31. The van der Waals surface area contributed by atoms with E-state index in [1.165, 1.54) is 0 Å². The van der Waals surface area contributed by atoms with Crippen molar-refractivity contribution in [3.63, 3.8) is 0 Å². The second-order valence-electron chi connectivity index (χ2n) is 7.83. The smallest absolute Gasteiger partial charge is 0.307 e. The fourth-order valence-corrected chi connectivity index (χ4v) is 4.27. The molecule has 2 aliphatic carbocycles. The van der Waals surface area contributed by atoms with Gasteiger partial charge in [-0.2, -0.15) is 0 Å². The van der Waals surface area contributed by atoms with Crippen LogP contribution in [0, 0.1) is 23.7 Å². The molecule has 0 saturated heterocycles. The molecule has 8 heteroatoms. The highest BCUT2D eigenvalue weighted by molar-refractivity contribution is 5.86. The molecule has 2 rings (SSSR count). The lowest BCUT2D eigenvalue weighted by atomic mass is 9.78. The van der Waals surface area contributed by atoms with Gasteiger partial charge in [-0.3, -0.25) is 19.2 Å². The number of carbonyl (C=O) groups is 4. The van der Waals surface area contributed by atoms with Gasteiger partial charge in [0, 0.05) is 12.6 Å². The Labute approximate surface area is 159 Å². The van der Waals surface area contributed by atoms with Gasteiger partial charge in [-0.1, -0.05) is 25.7 Å². The van der Waals surface area contributed by atoms with E-state index in [4.69, 9.17) is 0 Å². The lowest BCUT2D eigenvalue weighted by Crippen LogP contribution is -2.48. The Morgan fingerprint density at radius 1 is 0.778 bits per heavy atom. The quantitative estimate of drug-likeness (QED) is 0.526. The second kappa shape index (κ2) is 9.71. The molecule has 27 heavy (non-hydrogen) atoms. The Balaban J connectivity index is 1.83. The van der Waals surface area contributed by atoms with E-state index in [0.717, 1.165) is 25.7 Å². The molecule has 8 nitrogen and oxygen atoms in total. The van der Waals surface area contributed by atoms with Crippen LogP contribution >= 0.6 is 0 Å². The van der Waals surface area contributed by atoms with Crippen LogP contribution in [-0.4, -0.2) is 46.6 Å². The standard InChI is InChI=1S/C19H30N2O6/c1-11(21-17(23)13-7-3-5-9-15(13)19(26)27)10-20-16(22)12-6-2-4-8-14(12)18(24)25/h11-15H,2-10H2,1H3,(H,20,22)(H,21,23)(H,24,25)(H,26,27)/t11-,12+,13-,14+,15+/m1/s1. The van der Waals surface area contributed by atoms with Gasteiger partial charge in [0.15, 0.2) is 0 Å². The molecular formula is C19H30N2O6. The molecular weight excluding hydrogens is 352 g/mol. The van der Waals surface area contributed by atoms with Crippen molar-refractivity contribution in [2.75, 3.05) is 6.54 Å². The first-order valence-electron chi connectivity index (χ1n) is 9.85. The van der Waals surface area contributed by atoms with Gasteiger partial charge >= 0.3 is 11.9 Å². The Morgan fingerprint density at radius 3 is 1.63 bits per heavy atom. The van der Waals surface area contributed by atoms with E-state index in [2.05, 4.69) is 10.6 Å². The van der Waals surface area contributed by atoms with Crippen molar-refractivity contribution in [2.24, 2.45) is 23.7 Å². The fourth-order valence-electron chi connectivity index (χ4n) is 4.27. The van der Waals surface area contributed by atoms with E-state index in [-0.39, 0.29) is 24.4 Å². The molecule has 0 heterocycles. The van der Waals surface area contributed by atoms with E-state index < -0.39 is 35.6 Å². The number of hydrogen-bond donors (Lipinski definition) is 4. The van der Waals surface area contributed by atoms with Gasteiger partial charge in [0.1, 0.15) is 0 Å². The van der Waals surface area contributed by atoms with Gasteiger partial charge in [-0.05, 0) is 32.6 Å². The van der Waals surface area contributed by atoms with Crippen LogP contribution in [0.4, 0.5) is 0 Å². The van der Waals surface area contributed by atoms with Crippen LogP contribution in [0.15, 0.2) is 0 Å². The first kappa shape index (κ1) is 21.2. The van der Waals surface area contributed by atoms with E-state index in [1.807, 2.05) is 0 Å².